The summed E-state index contributed by atoms with van der Waals surface area (Å²) in [5.74, 6) is 0. The summed E-state index contributed by atoms with van der Waals surface area (Å²) < 4.78 is 5.65. The van der Waals surface area contributed by atoms with Gasteiger partial charge in [-0.2, -0.15) is 0 Å². The lowest BCUT2D eigenvalue weighted by atomic mass is 10.9. The molecule has 3 heteroatoms. The van der Waals surface area contributed by atoms with Crippen LogP contribution >= 0.6 is 15.9 Å². The smallest absolute Gasteiger partial charge is 0.0968 e. The van der Waals surface area contributed by atoms with Gasteiger partial charge in [-0.25, -0.2) is 0 Å². The minimum atomic E-state index is -0.588. The second-order valence-corrected chi connectivity index (χ2v) is 7.02. The van der Waals surface area contributed by atoms with Crippen molar-refractivity contribution in [3.8, 4) is 0 Å². The molecule has 0 amide bonds. The third-order valence-corrected chi connectivity index (χ3v) is 5.53. The minimum absolute atomic E-state index is 0.368. The summed E-state index contributed by atoms with van der Waals surface area (Å²) in [5, 5.41) is 0. The van der Waals surface area contributed by atoms with Gasteiger partial charge < -0.3 is 4.74 Å². The van der Waals surface area contributed by atoms with Crippen molar-refractivity contribution in [1.82, 2.24) is 0 Å². The molecule has 0 spiro atoms. The summed E-state index contributed by atoms with van der Waals surface area (Å²) >= 11 is 3.44. The number of rotatable bonds is 3. The van der Waals surface area contributed by atoms with Crippen LogP contribution in [-0.2, 0) is 4.74 Å². The maximum atomic E-state index is 5.28. The van der Waals surface area contributed by atoms with Crippen LogP contribution in [0.3, 0.4) is 0 Å². The number of halogens is 1. The Morgan fingerprint density at radius 1 is 1.62 bits per heavy atom. The summed E-state index contributed by atoms with van der Waals surface area (Å²) in [5.41, 5.74) is 0. The van der Waals surface area contributed by atoms with Crippen LogP contribution in [-0.4, -0.2) is 20.0 Å². The molecule has 0 saturated heterocycles. The molecule has 1 nitrogen and oxygen atoms in total. The Morgan fingerprint density at radius 2 is 2.12 bits per heavy atom. The monoisotopic (exact) mass is 196 g/mol. The van der Waals surface area contributed by atoms with Gasteiger partial charge in [0.05, 0.1) is 13.4 Å². The van der Waals surface area contributed by atoms with Crippen LogP contribution in [0.25, 0.3) is 0 Å². The molecule has 8 heavy (non-hydrogen) atoms. The van der Waals surface area contributed by atoms with Gasteiger partial charge in [-0.3, -0.25) is 0 Å². The molecule has 0 aliphatic rings. The summed E-state index contributed by atoms with van der Waals surface area (Å²) in [6.45, 7) is 7.36. The fraction of sp³-hybridized carbons (Fsp3) is 1.00. The van der Waals surface area contributed by atoms with E-state index in [1.54, 1.807) is 0 Å². The number of hydrogen-bond donors (Lipinski definition) is 0. The molecule has 0 heterocycles. The molecule has 1 atom stereocenters. The molecular formula is C5H13BrOSi. The molecule has 0 aliphatic carbocycles. The van der Waals surface area contributed by atoms with E-state index in [2.05, 4.69) is 29.0 Å². The highest BCUT2D eigenvalue weighted by molar-refractivity contribution is 9.10. The van der Waals surface area contributed by atoms with Crippen LogP contribution < -0.4 is 0 Å². The van der Waals surface area contributed by atoms with Gasteiger partial charge in [0.2, 0.25) is 0 Å². The van der Waals surface area contributed by atoms with E-state index in [1.165, 1.54) is 0 Å². The van der Waals surface area contributed by atoms with Crippen LogP contribution in [0.2, 0.25) is 13.1 Å². The zero-order valence-electron chi connectivity index (χ0n) is 5.65. The quantitative estimate of drug-likeness (QED) is 0.495. The maximum absolute atomic E-state index is 5.28. The van der Waals surface area contributed by atoms with Gasteiger partial charge in [0.15, 0.2) is 0 Å². The van der Waals surface area contributed by atoms with Crippen molar-refractivity contribution < 1.29 is 4.74 Å². The normalized spacial score (nSPS) is 14.6. The Morgan fingerprint density at radius 3 is 2.25 bits per heavy atom. The van der Waals surface area contributed by atoms with Crippen LogP contribution in [0.15, 0.2) is 0 Å². The van der Waals surface area contributed by atoms with E-state index >= 15 is 0 Å². The van der Waals surface area contributed by atoms with Gasteiger partial charge in [-0.15, -0.1) is 0 Å². The molecular weight excluding hydrogens is 184 g/mol. The third kappa shape index (κ3) is 3.63. The van der Waals surface area contributed by atoms with Crippen LogP contribution in [0, 0.1) is 0 Å². The van der Waals surface area contributed by atoms with Crippen molar-refractivity contribution in [2.45, 2.75) is 24.7 Å². The number of hydrogen-bond acceptors (Lipinski definition) is 1. The third-order valence-electron chi connectivity index (χ3n) is 0.850. The molecule has 1 unspecified atom stereocenters. The van der Waals surface area contributed by atoms with Crippen LogP contribution in [0.1, 0.15) is 6.92 Å². The highest BCUT2D eigenvalue weighted by Crippen LogP contribution is 2.04. The van der Waals surface area contributed by atoms with Gasteiger partial charge in [0.1, 0.15) is 0 Å². The second-order valence-electron chi connectivity index (χ2n) is 2.05. The molecule has 0 radical (unpaired) electrons. The minimum Gasteiger partial charge on any atom is -0.371 e. The average Bonchev–Trinajstić information content (AvgIpc) is 1.67. The largest absolute Gasteiger partial charge is 0.371 e. The lowest BCUT2D eigenvalue weighted by molar-refractivity contribution is 0.173. The molecule has 0 aromatic rings. The molecule has 0 aromatic carbocycles. The topological polar surface area (TPSA) is 9.23 Å². The summed E-state index contributed by atoms with van der Waals surface area (Å²) in [7, 11) is -0.588. The number of alkyl halides is 1. The molecule has 0 rings (SSSR count). The van der Waals surface area contributed by atoms with Gasteiger partial charge in [-0.1, -0.05) is 29.0 Å². The van der Waals surface area contributed by atoms with E-state index in [0.29, 0.717) is 4.64 Å². The van der Waals surface area contributed by atoms with Gasteiger partial charge >= 0.3 is 0 Å². The highest BCUT2D eigenvalue weighted by Gasteiger charge is 2.07. The van der Waals surface area contributed by atoms with Crippen LogP contribution in [0.4, 0.5) is 0 Å². The van der Waals surface area contributed by atoms with Gasteiger partial charge in [0.25, 0.3) is 0 Å². The van der Waals surface area contributed by atoms with Crippen molar-refractivity contribution in [3.05, 3.63) is 0 Å². The first-order valence-electron chi connectivity index (χ1n) is 2.94. The van der Waals surface area contributed by atoms with E-state index in [9.17, 15) is 0 Å². The van der Waals surface area contributed by atoms with Crippen molar-refractivity contribution in [1.29, 1.82) is 0 Å². The molecule has 0 aliphatic heterocycles. The molecule has 0 fully saturated rings. The van der Waals surface area contributed by atoms with E-state index in [0.717, 1.165) is 6.61 Å². The average molecular weight is 197 g/mol. The fourth-order valence-corrected chi connectivity index (χ4v) is 1.19. The first-order chi connectivity index (χ1) is 3.68. The van der Waals surface area contributed by atoms with Crippen molar-refractivity contribution in [2.75, 3.05) is 6.61 Å². The predicted octanol–water partition coefficient (Wildman–Crippen LogP) is 1.77. The van der Waals surface area contributed by atoms with E-state index in [4.69, 9.17) is 4.74 Å². The fourth-order valence-electron chi connectivity index (χ4n) is 0.352. The summed E-state index contributed by atoms with van der Waals surface area (Å²) in [6.07, 6.45) is 0. The number of ether oxygens (including phenoxy) is 1. The van der Waals surface area contributed by atoms with Crippen molar-refractivity contribution in [2.24, 2.45) is 0 Å². The highest BCUT2D eigenvalue weighted by atomic mass is 79.9. The first-order valence-corrected chi connectivity index (χ1v) is 6.83. The van der Waals surface area contributed by atoms with E-state index < -0.39 is 8.80 Å². The molecule has 50 valence electrons. The Kier molecular flexibility index (Phi) is 4.90. The van der Waals surface area contributed by atoms with Crippen molar-refractivity contribution in [3.63, 3.8) is 0 Å². The molecule has 0 bridgehead atoms. The zero-order valence-corrected chi connectivity index (χ0v) is 8.39. The Balaban J connectivity index is 3.17. The first kappa shape index (κ1) is 8.66. The lowest BCUT2D eigenvalue weighted by Gasteiger charge is -2.10. The Labute approximate surface area is 61.2 Å². The maximum Gasteiger partial charge on any atom is 0.0968 e. The van der Waals surface area contributed by atoms with E-state index in [1.807, 2.05) is 6.92 Å². The zero-order chi connectivity index (χ0) is 6.57. The molecule has 0 aromatic heterocycles. The van der Waals surface area contributed by atoms with Crippen molar-refractivity contribution >= 4 is 24.7 Å². The second kappa shape index (κ2) is 4.53. The Bertz CT molecular complexity index is 58.4. The van der Waals surface area contributed by atoms with Gasteiger partial charge in [0, 0.05) is 6.61 Å². The summed E-state index contributed by atoms with van der Waals surface area (Å²) in [6, 6.07) is 0. The molecule has 0 N–H and O–H groups in total. The van der Waals surface area contributed by atoms with Gasteiger partial charge in [-0.05, 0) is 6.92 Å². The lowest BCUT2D eigenvalue weighted by Crippen LogP contribution is -2.20. The Hall–Kier alpha value is 0.657. The van der Waals surface area contributed by atoms with E-state index in [-0.39, 0.29) is 0 Å². The standard InChI is InChI=1S/C5H13BrOSi/c1-4-7-5(6)8(2)3/h5,8H,4H2,1-3H3. The summed E-state index contributed by atoms with van der Waals surface area (Å²) in [4.78, 5) is 0. The predicted molar refractivity (Wildman–Crippen MR) is 43.2 cm³/mol. The molecule has 0 saturated carbocycles. The SMILES string of the molecule is CCOC(Br)[SiH](C)C. The van der Waals surface area contributed by atoms with Crippen LogP contribution in [0.5, 0.6) is 0 Å².